The van der Waals surface area contributed by atoms with Gasteiger partial charge in [-0.3, -0.25) is 10.1 Å². The molecule has 4 aromatic rings. The molecular weight excluding hydrogens is 414 g/mol. The van der Waals surface area contributed by atoms with E-state index in [4.69, 9.17) is 54.9 Å². The summed E-state index contributed by atoms with van der Waals surface area (Å²) in [5.74, 6) is 0.192. The van der Waals surface area contributed by atoms with Crippen molar-refractivity contribution in [2.24, 2.45) is 7.05 Å². The Morgan fingerprint density at radius 1 is 0.971 bits per heavy atom. The molecule has 2 heterocycles. The summed E-state index contributed by atoms with van der Waals surface area (Å²) in [6, 6.07) is 5.70. The van der Waals surface area contributed by atoms with Gasteiger partial charge >= 0.3 is 0 Å². The molecule has 34 heavy (non-hydrogen) atoms. The van der Waals surface area contributed by atoms with Crippen LogP contribution in [-0.2, 0) is 12.2 Å². The van der Waals surface area contributed by atoms with Gasteiger partial charge < -0.3 is 4.57 Å². The second-order valence-corrected chi connectivity index (χ2v) is 8.01. The Balaban J connectivity index is 1.72. The second-order valence-electron chi connectivity index (χ2n) is 8.01. The third-order valence-corrected chi connectivity index (χ3v) is 5.64. The fourth-order valence-corrected chi connectivity index (χ4v) is 3.72. The highest BCUT2D eigenvalue weighted by Gasteiger charge is 2.24. The van der Waals surface area contributed by atoms with E-state index in [1.54, 1.807) is 12.4 Å². The van der Waals surface area contributed by atoms with Crippen LogP contribution in [0, 0.1) is 6.92 Å². The molecule has 13 heteroatoms. The number of fused-ring (bicyclic) bond motifs is 1. The SMILES string of the molecule is [B]c1c([B])c(C([B])([B])[B])c([B])c([B])c1C(=O)Nc1ncc2ccc(-c3cnc(C)n3C)cc2n1. The van der Waals surface area contributed by atoms with E-state index in [0.717, 1.165) is 22.5 Å². The first-order valence-electron chi connectivity index (χ1n) is 10.1. The number of aryl methyl sites for hydroxylation is 1. The zero-order chi connectivity index (χ0) is 24.9. The lowest BCUT2D eigenvalue weighted by molar-refractivity contribution is 0.102. The highest BCUT2D eigenvalue weighted by molar-refractivity contribution is 6.66. The van der Waals surface area contributed by atoms with Gasteiger partial charge in [0.2, 0.25) is 5.95 Å². The summed E-state index contributed by atoms with van der Waals surface area (Å²) < 4.78 is 1.97. The van der Waals surface area contributed by atoms with Gasteiger partial charge in [-0.15, -0.1) is 16.0 Å². The molecule has 4 rings (SSSR count). The van der Waals surface area contributed by atoms with Gasteiger partial charge in [-0.2, -0.15) is 0 Å². The van der Waals surface area contributed by atoms with Crippen LogP contribution in [0.5, 0.6) is 0 Å². The van der Waals surface area contributed by atoms with Crippen LogP contribution < -0.4 is 27.2 Å². The number of hydrogen-bond acceptors (Lipinski definition) is 4. The largest absolute Gasteiger partial charge is 0.331 e. The van der Waals surface area contributed by atoms with Gasteiger partial charge in [-0.25, -0.2) is 15.0 Å². The van der Waals surface area contributed by atoms with Gasteiger partial charge in [0.15, 0.2) is 0 Å². The van der Waals surface area contributed by atoms with Crippen LogP contribution in [-0.4, -0.2) is 80.4 Å². The van der Waals surface area contributed by atoms with Crippen LogP contribution >= 0.6 is 0 Å². The van der Waals surface area contributed by atoms with E-state index in [0.29, 0.717) is 5.52 Å². The number of carbonyl (C=O) groups excluding carboxylic acids is 1. The average Bonchev–Trinajstić information content (AvgIpc) is 3.09. The number of amides is 1. The van der Waals surface area contributed by atoms with Crippen LogP contribution in [0.2, 0.25) is 0 Å². The van der Waals surface area contributed by atoms with E-state index in [-0.39, 0.29) is 38.9 Å². The van der Waals surface area contributed by atoms with Gasteiger partial charge in [0.05, 0.1) is 40.9 Å². The first kappa shape index (κ1) is 24.1. The topological polar surface area (TPSA) is 72.7 Å². The van der Waals surface area contributed by atoms with Crippen LogP contribution in [0.4, 0.5) is 5.95 Å². The monoisotopic (exact) mass is 427 g/mol. The molecule has 1 amide bonds. The molecule has 14 radical (unpaired) electrons. The lowest BCUT2D eigenvalue weighted by atomic mass is 9.37. The van der Waals surface area contributed by atoms with Crippen molar-refractivity contribution in [1.82, 2.24) is 19.5 Å². The standard InChI is InChI=1S/C21H12B7N5O/c1-8-29-7-12(33(8)2)9-3-4-10-6-30-20(31-11(10)5-9)32-19(34)13-15(22)17(24)14(21(26,27)28)18(25)16(13)23/h3-7H,1-2H3,(H,30,31,32,34). The van der Waals surface area contributed by atoms with Gasteiger partial charge in [0.1, 0.15) is 37.2 Å². The van der Waals surface area contributed by atoms with E-state index in [2.05, 4.69) is 20.3 Å². The summed E-state index contributed by atoms with van der Waals surface area (Å²) in [6.45, 7) is 1.92. The first-order chi connectivity index (χ1) is 15.9. The second kappa shape index (κ2) is 8.60. The van der Waals surface area contributed by atoms with Crippen molar-refractivity contribution in [3.8, 4) is 11.3 Å². The molecule has 0 unspecified atom stereocenters. The molecule has 2 aromatic heterocycles. The first-order valence-corrected chi connectivity index (χ1v) is 10.1. The van der Waals surface area contributed by atoms with E-state index in [1.165, 1.54) is 0 Å². The summed E-state index contributed by atoms with van der Waals surface area (Å²) in [7, 11) is 43.2. The molecule has 2 aromatic carbocycles. The zero-order valence-electron chi connectivity index (χ0n) is 18.6. The summed E-state index contributed by atoms with van der Waals surface area (Å²) in [6.07, 6.45) is 3.36. The highest BCUT2D eigenvalue weighted by atomic mass is 16.1. The minimum Gasteiger partial charge on any atom is -0.331 e. The van der Waals surface area contributed by atoms with Gasteiger partial charge in [0, 0.05) is 29.8 Å². The molecule has 0 aliphatic carbocycles. The summed E-state index contributed by atoms with van der Waals surface area (Å²) in [5, 5.41) is 1.45. The lowest BCUT2D eigenvalue weighted by Gasteiger charge is -2.31. The van der Waals surface area contributed by atoms with Crippen molar-refractivity contribution in [1.29, 1.82) is 0 Å². The number of benzene rings is 2. The number of nitrogens with zero attached hydrogens (tertiary/aromatic N) is 4. The number of carbonyl (C=O) groups is 1. The molecule has 148 valence electrons. The Morgan fingerprint density at radius 3 is 2.18 bits per heavy atom. The number of rotatable bonds is 4. The van der Waals surface area contributed by atoms with Crippen molar-refractivity contribution < 1.29 is 4.79 Å². The van der Waals surface area contributed by atoms with E-state index in [1.807, 2.05) is 36.7 Å². The minimum absolute atomic E-state index is 0.0293. The van der Waals surface area contributed by atoms with Crippen molar-refractivity contribution >= 4 is 99.5 Å². The Kier molecular flexibility index (Phi) is 6.09. The van der Waals surface area contributed by atoms with Crippen molar-refractivity contribution in [2.45, 2.75) is 12.0 Å². The van der Waals surface area contributed by atoms with Crippen LogP contribution in [0.25, 0.3) is 22.2 Å². The average molecular weight is 426 g/mol. The third-order valence-electron chi connectivity index (χ3n) is 5.64. The molecule has 0 atom stereocenters. The molecular formula is C21H12B7N5O. The molecule has 0 saturated carbocycles. The van der Waals surface area contributed by atoms with Crippen LogP contribution in [0.1, 0.15) is 21.7 Å². The maximum Gasteiger partial charge on any atom is 0.256 e. The molecule has 0 aliphatic rings. The Hall–Kier alpha value is -3.09. The summed E-state index contributed by atoms with van der Waals surface area (Å²) in [4.78, 5) is 26.0. The summed E-state index contributed by atoms with van der Waals surface area (Å²) in [5.41, 5.74) is 1.61. The minimum atomic E-state index is -1.91. The predicted molar refractivity (Wildman–Crippen MR) is 141 cm³/mol. The maximum atomic E-state index is 13.0. The van der Waals surface area contributed by atoms with Gasteiger partial charge in [-0.05, 0) is 13.0 Å². The maximum absolute atomic E-state index is 13.0. The van der Waals surface area contributed by atoms with Gasteiger partial charge in [-0.1, -0.05) is 28.6 Å². The van der Waals surface area contributed by atoms with E-state index >= 15 is 0 Å². The molecule has 0 bridgehead atoms. The molecule has 0 saturated heterocycles. The van der Waals surface area contributed by atoms with Crippen molar-refractivity contribution in [3.05, 3.63) is 47.5 Å². The molecule has 0 fully saturated rings. The normalized spacial score (nSPS) is 11.6. The zero-order valence-corrected chi connectivity index (χ0v) is 18.6. The number of anilines is 1. The summed E-state index contributed by atoms with van der Waals surface area (Å²) >= 11 is 0. The number of imidazole rings is 1. The quantitative estimate of drug-likeness (QED) is 0.363. The van der Waals surface area contributed by atoms with Crippen LogP contribution in [0.3, 0.4) is 0 Å². The lowest BCUT2D eigenvalue weighted by Crippen LogP contribution is -2.54. The molecule has 6 nitrogen and oxygen atoms in total. The van der Waals surface area contributed by atoms with Crippen LogP contribution in [0.15, 0.2) is 30.6 Å². The number of aromatic nitrogens is 4. The Bertz CT molecular complexity index is 1430. The van der Waals surface area contributed by atoms with E-state index in [9.17, 15) is 4.79 Å². The van der Waals surface area contributed by atoms with Gasteiger partial charge in [0.25, 0.3) is 5.91 Å². The smallest absolute Gasteiger partial charge is 0.256 e. The van der Waals surface area contributed by atoms with E-state index < -0.39 is 11.0 Å². The third kappa shape index (κ3) is 4.12. The molecule has 0 aliphatic heterocycles. The fraction of sp³-hybridized carbons (Fsp3) is 0.143. The Labute approximate surface area is 207 Å². The molecule has 1 N–H and O–H groups in total. The number of nitrogens with one attached hydrogen (secondary N) is 1. The van der Waals surface area contributed by atoms with Crippen molar-refractivity contribution in [3.63, 3.8) is 0 Å². The molecule has 0 spiro atoms. The fourth-order valence-electron chi connectivity index (χ4n) is 3.72. The predicted octanol–water partition coefficient (Wildman–Crippen LogP) is -2.62. The number of hydrogen-bond donors (Lipinski definition) is 1. The highest BCUT2D eigenvalue weighted by Crippen LogP contribution is 2.24. The Morgan fingerprint density at radius 2 is 1.62 bits per heavy atom. The van der Waals surface area contributed by atoms with Crippen molar-refractivity contribution in [2.75, 3.05) is 5.32 Å².